The molecule has 0 aliphatic heterocycles. The van der Waals surface area contributed by atoms with Crippen molar-refractivity contribution in [3.63, 3.8) is 0 Å². The lowest BCUT2D eigenvalue weighted by atomic mass is 10.1. The molecule has 0 saturated heterocycles. The summed E-state index contributed by atoms with van der Waals surface area (Å²) < 4.78 is 5.12. The minimum Gasteiger partial charge on any atom is -0.380 e. The number of rotatable bonds is 4. The van der Waals surface area contributed by atoms with Gasteiger partial charge in [0.1, 0.15) is 17.0 Å². The Morgan fingerprint density at radius 1 is 1.11 bits per heavy atom. The van der Waals surface area contributed by atoms with E-state index in [4.69, 9.17) is 61.5 Å². The fraction of sp³-hybridized carbons (Fsp3) is 0.0556. The highest BCUT2D eigenvalue weighted by Gasteiger charge is 2.26. The van der Waals surface area contributed by atoms with Gasteiger partial charge in [-0.05, 0) is 37.3 Å². The lowest BCUT2D eigenvalue weighted by Gasteiger charge is -2.06. The number of halogens is 4. The minimum absolute atomic E-state index is 0.0220. The molecule has 0 amide bonds. The average Bonchev–Trinajstić information content (AvgIpc) is 3.00. The Hall–Kier alpha value is -2.25. The molecule has 0 bridgehead atoms. The van der Waals surface area contributed by atoms with Gasteiger partial charge in [0.25, 0.3) is 0 Å². The van der Waals surface area contributed by atoms with Crippen LogP contribution in [0.2, 0.25) is 20.1 Å². The Morgan fingerprint density at radius 2 is 1.79 bits per heavy atom. The molecule has 0 atom stereocenters. The number of nitrogens with zero attached hydrogens (tertiary/aromatic N) is 2. The van der Waals surface area contributed by atoms with Crippen molar-refractivity contribution in [2.45, 2.75) is 6.92 Å². The van der Waals surface area contributed by atoms with Gasteiger partial charge in [0.2, 0.25) is 0 Å². The maximum absolute atomic E-state index is 12.6. The van der Waals surface area contributed by atoms with Crippen LogP contribution < -0.4 is 5.73 Å². The van der Waals surface area contributed by atoms with E-state index in [9.17, 15) is 4.79 Å². The van der Waals surface area contributed by atoms with Gasteiger partial charge in [0.15, 0.2) is 5.84 Å². The summed E-state index contributed by atoms with van der Waals surface area (Å²) in [6.45, 7) is 1.54. The van der Waals surface area contributed by atoms with E-state index in [0.29, 0.717) is 26.2 Å². The number of hydrogen-bond donors (Lipinski definition) is 1. The Kier molecular flexibility index (Phi) is 6.15. The second-order valence-corrected chi connectivity index (χ2v) is 7.20. The number of aromatic nitrogens is 1. The fourth-order valence-electron chi connectivity index (χ4n) is 2.39. The first-order valence-electron chi connectivity index (χ1n) is 7.70. The Morgan fingerprint density at radius 3 is 2.43 bits per heavy atom. The van der Waals surface area contributed by atoms with Crippen LogP contribution in [0.25, 0.3) is 11.3 Å². The molecule has 0 aliphatic carbocycles. The highest BCUT2D eigenvalue weighted by Crippen LogP contribution is 2.37. The van der Waals surface area contributed by atoms with Crippen molar-refractivity contribution in [2.75, 3.05) is 0 Å². The molecule has 2 N–H and O–H groups in total. The normalized spacial score (nSPS) is 11.5. The first kappa shape index (κ1) is 20.5. The third-order valence-corrected chi connectivity index (χ3v) is 4.88. The molecule has 3 aromatic rings. The van der Waals surface area contributed by atoms with Gasteiger partial charge in [-0.25, -0.2) is 4.79 Å². The van der Waals surface area contributed by atoms with Crippen LogP contribution in [0, 0.1) is 6.92 Å². The molecule has 144 valence electrons. The standard InChI is InChI=1S/C18H11Cl4N3O3/c1-8-14(16(24-27-8)15-11(20)3-2-4-12(15)21)18(26)28-25-17(23)10-6-5-9(19)7-13(10)22/h2-7H,1H3,(H2,23,25). The van der Waals surface area contributed by atoms with Crippen molar-refractivity contribution in [3.8, 4) is 11.3 Å². The maximum Gasteiger partial charge on any atom is 0.371 e. The molecular formula is C18H11Cl4N3O3. The molecule has 0 saturated carbocycles. The molecule has 1 heterocycles. The largest absolute Gasteiger partial charge is 0.380 e. The van der Waals surface area contributed by atoms with Crippen LogP contribution in [0.1, 0.15) is 21.7 Å². The molecule has 2 aromatic carbocycles. The van der Waals surface area contributed by atoms with E-state index < -0.39 is 5.97 Å². The SMILES string of the molecule is Cc1onc(-c2c(Cl)cccc2Cl)c1C(=O)O/N=C(\N)c1ccc(Cl)cc1Cl. The summed E-state index contributed by atoms with van der Waals surface area (Å²) in [6, 6.07) is 9.51. The predicted molar refractivity (Wildman–Crippen MR) is 109 cm³/mol. The number of nitrogens with two attached hydrogens (primary N) is 1. The minimum atomic E-state index is -0.849. The monoisotopic (exact) mass is 457 g/mol. The number of benzene rings is 2. The van der Waals surface area contributed by atoms with Crippen molar-refractivity contribution < 1.29 is 14.2 Å². The van der Waals surface area contributed by atoms with Crippen LogP contribution in [0.5, 0.6) is 0 Å². The number of aryl methyl sites for hydroxylation is 1. The van der Waals surface area contributed by atoms with Gasteiger partial charge in [-0.1, -0.05) is 62.8 Å². The number of hydrogen-bond acceptors (Lipinski definition) is 5. The topological polar surface area (TPSA) is 90.7 Å². The zero-order valence-corrected chi connectivity index (χ0v) is 17.2. The van der Waals surface area contributed by atoms with Crippen molar-refractivity contribution in [3.05, 3.63) is 73.4 Å². The van der Waals surface area contributed by atoms with E-state index in [1.54, 1.807) is 37.3 Å². The summed E-state index contributed by atoms with van der Waals surface area (Å²) in [6.07, 6.45) is 0. The third-order valence-electron chi connectivity index (χ3n) is 3.70. The first-order valence-corrected chi connectivity index (χ1v) is 9.21. The summed E-state index contributed by atoms with van der Waals surface area (Å²) in [5.74, 6) is -0.756. The molecule has 1 aromatic heterocycles. The summed E-state index contributed by atoms with van der Waals surface area (Å²) in [5, 5.41) is 8.80. The predicted octanol–water partition coefficient (Wildman–Crippen LogP) is 5.74. The highest BCUT2D eigenvalue weighted by atomic mass is 35.5. The summed E-state index contributed by atoms with van der Waals surface area (Å²) in [4.78, 5) is 17.5. The number of carbonyl (C=O) groups excluding carboxylic acids is 1. The molecule has 0 radical (unpaired) electrons. The smallest absolute Gasteiger partial charge is 0.371 e. The number of oxime groups is 1. The zero-order chi connectivity index (χ0) is 20.4. The molecule has 6 nitrogen and oxygen atoms in total. The summed E-state index contributed by atoms with van der Waals surface area (Å²) in [5.41, 5.74) is 6.70. The van der Waals surface area contributed by atoms with Gasteiger partial charge >= 0.3 is 5.97 Å². The van der Waals surface area contributed by atoms with Gasteiger partial charge < -0.3 is 15.1 Å². The zero-order valence-electron chi connectivity index (χ0n) is 14.2. The van der Waals surface area contributed by atoms with Crippen LogP contribution in [0.15, 0.2) is 46.1 Å². The van der Waals surface area contributed by atoms with Crippen LogP contribution in [0.4, 0.5) is 0 Å². The lowest BCUT2D eigenvalue weighted by molar-refractivity contribution is 0.0515. The van der Waals surface area contributed by atoms with Crippen LogP contribution in [-0.2, 0) is 4.84 Å². The van der Waals surface area contributed by atoms with E-state index in [2.05, 4.69) is 10.3 Å². The fourth-order valence-corrected chi connectivity index (χ4v) is 3.47. The van der Waals surface area contributed by atoms with Crippen molar-refractivity contribution in [1.29, 1.82) is 0 Å². The van der Waals surface area contributed by atoms with E-state index in [0.717, 1.165) is 0 Å². The van der Waals surface area contributed by atoms with E-state index in [1.165, 1.54) is 6.07 Å². The van der Waals surface area contributed by atoms with Gasteiger partial charge in [-0.3, -0.25) is 0 Å². The Bertz CT molecular complexity index is 1080. The van der Waals surface area contributed by atoms with Crippen LogP contribution >= 0.6 is 46.4 Å². The maximum atomic E-state index is 12.6. The van der Waals surface area contributed by atoms with Crippen LogP contribution in [0.3, 0.4) is 0 Å². The van der Waals surface area contributed by atoms with Gasteiger partial charge in [-0.2, -0.15) is 0 Å². The van der Waals surface area contributed by atoms with E-state index in [1.807, 2.05) is 0 Å². The number of carbonyl (C=O) groups is 1. The summed E-state index contributed by atoms with van der Waals surface area (Å²) >= 11 is 24.3. The van der Waals surface area contributed by atoms with Gasteiger partial charge in [0, 0.05) is 16.1 Å². The molecule has 3 rings (SSSR count). The molecule has 10 heteroatoms. The molecule has 0 fully saturated rings. The highest BCUT2D eigenvalue weighted by molar-refractivity contribution is 6.39. The van der Waals surface area contributed by atoms with Gasteiger partial charge in [-0.15, -0.1) is 0 Å². The molecule has 0 unspecified atom stereocenters. The van der Waals surface area contributed by atoms with Crippen molar-refractivity contribution in [2.24, 2.45) is 10.9 Å². The Balaban J connectivity index is 1.93. The quantitative estimate of drug-likeness (QED) is 0.233. The second kappa shape index (κ2) is 8.41. The lowest BCUT2D eigenvalue weighted by Crippen LogP contribution is -2.16. The molecule has 0 aliphatic rings. The van der Waals surface area contributed by atoms with Gasteiger partial charge in [0.05, 0.1) is 15.1 Å². The first-order chi connectivity index (χ1) is 13.3. The van der Waals surface area contributed by atoms with Crippen molar-refractivity contribution >= 4 is 58.2 Å². The molecule has 28 heavy (non-hydrogen) atoms. The Labute approximate surface area is 179 Å². The van der Waals surface area contributed by atoms with E-state index in [-0.39, 0.29) is 27.9 Å². The number of amidine groups is 1. The molecule has 0 spiro atoms. The summed E-state index contributed by atoms with van der Waals surface area (Å²) in [7, 11) is 0. The third kappa shape index (κ3) is 4.10. The van der Waals surface area contributed by atoms with Crippen molar-refractivity contribution in [1.82, 2.24) is 5.16 Å². The van der Waals surface area contributed by atoms with E-state index >= 15 is 0 Å². The van der Waals surface area contributed by atoms with Crippen LogP contribution in [-0.4, -0.2) is 17.0 Å². The molecular weight excluding hydrogens is 448 g/mol. The average molecular weight is 459 g/mol. The second-order valence-electron chi connectivity index (χ2n) is 5.54.